The fraction of sp³-hybridized carbons (Fsp3) is 0.923. The number of hydrogen-bond donors (Lipinski definition) is 7. The minimum atomic E-state index is -1.49. The lowest BCUT2D eigenvalue weighted by atomic mass is 9.40. The molecule has 0 amide bonds. The van der Waals surface area contributed by atoms with Crippen molar-refractivity contribution in [2.45, 2.75) is 114 Å². The molecule has 4 saturated carbocycles. The van der Waals surface area contributed by atoms with Gasteiger partial charge in [0.1, 0.15) is 24.4 Å². The second-order valence-electron chi connectivity index (χ2n) is 12.9. The fourth-order valence-corrected chi connectivity index (χ4v) is 9.30. The lowest BCUT2D eigenvalue weighted by molar-refractivity contribution is -0.331. The number of aliphatic hydroxyl groups is 7. The minimum absolute atomic E-state index is 0.121. The second-order valence-corrected chi connectivity index (χ2v) is 12.9. The van der Waals surface area contributed by atoms with E-state index in [4.69, 9.17) is 9.47 Å². The van der Waals surface area contributed by atoms with Crippen LogP contribution in [0.3, 0.4) is 0 Å². The van der Waals surface area contributed by atoms with E-state index >= 15 is 0 Å². The summed E-state index contributed by atoms with van der Waals surface area (Å²) in [5.74, 6) is -0.0769. The molecule has 13 unspecified atom stereocenters. The number of aliphatic hydroxyl groups excluding tert-OH is 6. The molecule has 1 spiro atoms. The van der Waals surface area contributed by atoms with Gasteiger partial charge < -0.3 is 45.2 Å². The topological polar surface area (TPSA) is 160 Å². The largest absolute Gasteiger partial charge is 0.394 e. The molecule has 4 aliphatic carbocycles. The molecule has 1 heterocycles. The van der Waals surface area contributed by atoms with Crippen molar-refractivity contribution in [2.24, 2.45) is 28.1 Å². The molecule has 13 atom stereocenters. The third-order valence-electron chi connectivity index (χ3n) is 10.9. The Hall–Kier alpha value is -0.620. The number of rotatable bonds is 3. The van der Waals surface area contributed by atoms with Crippen molar-refractivity contribution < 1.29 is 45.2 Å². The van der Waals surface area contributed by atoms with E-state index in [2.05, 4.69) is 27.4 Å². The Morgan fingerprint density at radius 2 is 1.69 bits per heavy atom. The molecule has 2 bridgehead atoms. The van der Waals surface area contributed by atoms with Crippen LogP contribution >= 0.6 is 0 Å². The molecule has 1 saturated heterocycles. The van der Waals surface area contributed by atoms with Crippen molar-refractivity contribution in [3.05, 3.63) is 12.2 Å². The number of ether oxygens (including phenoxy) is 2. The van der Waals surface area contributed by atoms with Crippen molar-refractivity contribution in [2.75, 3.05) is 6.61 Å². The molecule has 5 aliphatic rings. The second kappa shape index (κ2) is 8.19. The van der Waals surface area contributed by atoms with Crippen LogP contribution in [-0.4, -0.2) is 97.0 Å². The predicted octanol–water partition coefficient (Wildman–Crippen LogP) is -0.173. The standard InChI is InChI=1S/C26H42O9/c1-12-21(32)25-8-5-15-23(2,3)16(35-22-19(31)18(30)17(29)14(10-27)34-22)6-7-24(15,4)20(25)13(28)9-26(12,33)11-25/h13-22,27-33H,1,5-11H2,2-4H3. The molecular formula is C26H42O9. The van der Waals surface area contributed by atoms with Crippen molar-refractivity contribution in [3.8, 4) is 0 Å². The van der Waals surface area contributed by atoms with Gasteiger partial charge in [-0.25, -0.2) is 0 Å². The Kier molecular flexibility index (Phi) is 6.08. The number of hydrogen-bond acceptors (Lipinski definition) is 9. The molecule has 5 rings (SSSR count). The van der Waals surface area contributed by atoms with E-state index in [9.17, 15) is 35.7 Å². The van der Waals surface area contributed by atoms with Gasteiger partial charge in [0.05, 0.1) is 30.5 Å². The summed E-state index contributed by atoms with van der Waals surface area (Å²) in [5, 5.41) is 74.1. The van der Waals surface area contributed by atoms with Crippen LogP contribution in [0.4, 0.5) is 0 Å². The van der Waals surface area contributed by atoms with E-state index in [-0.39, 0.29) is 29.8 Å². The first-order valence-corrected chi connectivity index (χ1v) is 13.0. The van der Waals surface area contributed by atoms with Gasteiger partial charge in [-0.1, -0.05) is 27.4 Å². The maximum atomic E-state index is 11.4. The Bertz CT molecular complexity index is 862. The monoisotopic (exact) mass is 498 g/mol. The first-order valence-electron chi connectivity index (χ1n) is 13.0. The van der Waals surface area contributed by atoms with Crippen LogP contribution in [0.1, 0.15) is 59.3 Å². The molecule has 5 fully saturated rings. The lowest BCUT2D eigenvalue weighted by Gasteiger charge is -2.66. The average Bonchev–Trinajstić information content (AvgIpc) is 2.92. The predicted molar refractivity (Wildman–Crippen MR) is 124 cm³/mol. The molecule has 35 heavy (non-hydrogen) atoms. The lowest BCUT2D eigenvalue weighted by Crippen LogP contribution is -2.66. The highest BCUT2D eigenvalue weighted by atomic mass is 16.7. The van der Waals surface area contributed by atoms with Crippen LogP contribution in [0, 0.1) is 28.1 Å². The van der Waals surface area contributed by atoms with Crippen LogP contribution in [0.25, 0.3) is 0 Å². The van der Waals surface area contributed by atoms with E-state index in [1.807, 2.05) is 0 Å². The maximum Gasteiger partial charge on any atom is 0.186 e. The molecule has 200 valence electrons. The normalized spacial score (nSPS) is 57.5. The van der Waals surface area contributed by atoms with Gasteiger partial charge in [-0.2, -0.15) is 0 Å². The van der Waals surface area contributed by atoms with Crippen LogP contribution in [0.15, 0.2) is 12.2 Å². The quantitative estimate of drug-likeness (QED) is 0.207. The Morgan fingerprint density at radius 1 is 1.00 bits per heavy atom. The summed E-state index contributed by atoms with van der Waals surface area (Å²) in [6.45, 7) is 9.90. The number of fused-ring (bicyclic) bond motifs is 3. The molecule has 0 radical (unpaired) electrons. The van der Waals surface area contributed by atoms with Gasteiger partial charge in [0.15, 0.2) is 6.29 Å². The van der Waals surface area contributed by atoms with Crippen LogP contribution in [0.5, 0.6) is 0 Å². The maximum absolute atomic E-state index is 11.4. The van der Waals surface area contributed by atoms with Crippen LogP contribution < -0.4 is 0 Å². The molecule has 7 N–H and O–H groups in total. The zero-order chi connectivity index (χ0) is 25.7. The third kappa shape index (κ3) is 3.40. The molecular weight excluding hydrogens is 456 g/mol. The summed E-state index contributed by atoms with van der Waals surface area (Å²) < 4.78 is 11.9. The molecule has 0 aromatic rings. The van der Waals surface area contributed by atoms with Gasteiger partial charge >= 0.3 is 0 Å². The Labute approximate surface area is 206 Å². The van der Waals surface area contributed by atoms with Crippen molar-refractivity contribution in [1.29, 1.82) is 0 Å². The minimum Gasteiger partial charge on any atom is -0.394 e. The summed E-state index contributed by atoms with van der Waals surface area (Å²) in [6.07, 6.45) is -5.18. The highest BCUT2D eigenvalue weighted by Crippen LogP contribution is 2.73. The zero-order valence-electron chi connectivity index (χ0n) is 20.9. The van der Waals surface area contributed by atoms with Gasteiger partial charge in [-0.05, 0) is 60.3 Å². The molecule has 1 aliphatic heterocycles. The van der Waals surface area contributed by atoms with Gasteiger partial charge in [0.25, 0.3) is 0 Å². The average molecular weight is 499 g/mol. The summed E-state index contributed by atoms with van der Waals surface area (Å²) in [7, 11) is 0. The molecule has 0 aromatic carbocycles. The summed E-state index contributed by atoms with van der Waals surface area (Å²) in [4.78, 5) is 0. The van der Waals surface area contributed by atoms with E-state index in [1.165, 1.54) is 0 Å². The van der Waals surface area contributed by atoms with Crippen LogP contribution in [0.2, 0.25) is 0 Å². The van der Waals surface area contributed by atoms with E-state index in [1.54, 1.807) is 0 Å². The first-order chi connectivity index (χ1) is 16.2. The third-order valence-corrected chi connectivity index (χ3v) is 10.9. The van der Waals surface area contributed by atoms with E-state index < -0.39 is 66.0 Å². The Morgan fingerprint density at radius 3 is 2.34 bits per heavy atom. The van der Waals surface area contributed by atoms with Crippen molar-refractivity contribution in [3.63, 3.8) is 0 Å². The summed E-state index contributed by atoms with van der Waals surface area (Å²) in [5.41, 5.74) is -2.11. The van der Waals surface area contributed by atoms with Crippen LogP contribution in [-0.2, 0) is 9.47 Å². The van der Waals surface area contributed by atoms with Crippen molar-refractivity contribution >= 4 is 0 Å². The first kappa shape index (κ1) is 26.0. The van der Waals surface area contributed by atoms with Crippen molar-refractivity contribution in [1.82, 2.24) is 0 Å². The molecule has 9 nitrogen and oxygen atoms in total. The zero-order valence-corrected chi connectivity index (χ0v) is 20.9. The molecule has 9 heteroatoms. The highest BCUT2D eigenvalue weighted by Gasteiger charge is 2.72. The van der Waals surface area contributed by atoms with E-state index in [0.29, 0.717) is 31.3 Å². The van der Waals surface area contributed by atoms with Gasteiger partial charge in [0.2, 0.25) is 0 Å². The SMILES string of the molecule is C=C1C(O)C23CCC4C(C)(C)C(OC5OC(CO)C(O)C(O)C5O)CCC4(C)C2C(O)CC1(O)C3. The highest BCUT2D eigenvalue weighted by molar-refractivity contribution is 5.35. The summed E-state index contributed by atoms with van der Waals surface area (Å²) >= 11 is 0. The van der Waals surface area contributed by atoms with Gasteiger partial charge in [0, 0.05) is 11.8 Å². The van der Waals surface area contributed by atoms with Gasteiger partial charge in [-0.3, -0.25) is 0 Å². The molecule has 0 aromatic heterocycles. The smallest absolute Gasteiger partial charge is 0.186 e. The van der Waals surface area contributed by atoms with Gasteiger partial charge in [-0.15, -0.1) is 0 Å². The van der Waals surface area contributed by atoms with E-state index in [0.717, 1.165) is 6.42 Å². The summed E-state index contributed by atoms with van der Waals surface area (Å²) in [6, 6.07) is 0. The fourth-order valence-electron chi connectivity index (χ4n) is 9.30. The Balaban J connectivity index is 1.41.